The highest BCUT2D eigenvalue weighted by Gasteiger charge is 2.37. The van der Waals surface area contributed by atoms with Crippen LogP contribution in [0.2, 0.25) is 0 Å². The van der Waals surface area contributed by atoms with Crippen molar-refractivity contribution in [1.82, 2.24) is 14.7 Å². The molecule has 0 bridgehead atoms. The maximum atomic E-state index is 12.6. The Kier molecular flexibility index (Phi) is 5.12. The van der Waals surface area contributed by atoms with E-state index in [-0.39, 0.29) is 18.4 Å². The highest BCUT2D eigenvalue weighted by molar-refractivity contribution is 6.22. The number of fused-ring (bicyclic) bond motifs is 1. The zero-order chi connectivity index (χ0) is 20.4. The molecule has 0 N–H and O–H groups in total. The predicted molar refractivity (Wildman–Crippen MR) is 105 cm³/mol. The minimum Gasteiger partial charge on any atom is -0.339 e. The van der Waals surface area contributed by atoms with Crippen LogP contribution in [0.1, 0.15) is 26.3 Å². The molecule has 2 heterocycles. The standard InChI is InChI=1S/C22H21N3O4/c26-19(14-16-6-2-1-3-7-16)23-10-12-24(13-11-23)20(27)15-25-21(28)17-8-4-5-9-18(17)22(25)29/h1-9H,10-15H2. The van der Waals surface area contributed by atoms with Gasteiger partial charge in [0.25, 0.3) is 11.8 Å². The first-order valence-electron chi connectivity index (χ1n) is 9.59. The zero-order valence-corrected chi connectivity index (χ0v) is 15.9. The van der Waals surface area contributed by atoms with Crippen molar-refractivity contribution in [3.8, 4) is 0 Å². The van der Waals surface area contributed by atoms with Gasteiger partial charge in [-0.15, -0.1) is 0 Å². The SMILES string of the molecule is O=C(Cc1ccccc1)N1CCN(C(=O)CN2C(=O)c3ccccc3C2=O)CC1. The number of rotatable bonds is 4. The molecular weight excluding hydrogens is 370 g/mol. The molecule has 1 fully saturated rings. The first kappa shape index (κ1) is 18.9. The van der Waals surface area contributed by atoms with Gasteiger partial charge in [0.2, 0.25) is 11.8 Å². The number of amides is 4. The maximum Gasteiger partial charge on any atom is 0.262 e. The Morgan fingerprint density at radius 3 is 1.72 bits per heavy atom. The summed E-state index contributed by atoms with van der Waals surface area (Å²) in [6, 6.07) is 16.1. The molecule has 2 aliphatic rings. The van der Waals surface area contributed by atoms with Crippen molar-refractivity contribution in [1.29, 1.82) is 0 Å². The normalized spacial score (nSPS) is 16.2. The summed E-state index contributed by atoms with van der Waals surface area (Å²) in [5.41, 5.74) is 1.63. The van der Waals surface area contributed by atoms with E-state index < -0.39 is 11.8 Å². The second kappa shape index (κ2) is 7.87. The second-order valence-corrected chi connectivity index (χ2v) is 7.17. The predicted octanol–water partition coefficient (Wildman–Crippen LogP) is 1.20. The van der Waals surface area contributed by atoms with E-state index in [1.165, 1.54) is 0 Å². The van der Waals surface area contributed by atoms with E-state index in [9.17, 15) is 19.2 Å². The Hall–Kier alpha value is -3.48. The molecule has 0 atom stereocenters. The van der Waals surface area contributed by atoms with Gasteiger partial charge in [-0.05, 0) is 17.7 Å². The molecule has 0 unspecified atom stereocenters. The molecule has 2 aliphatic heterocycles. The molecule has 4 amide bonds. The molecule has 2 aromatic rings. The van der Waals surface area contributed by atoms with Crippen molar-refractivity contribution >= 4 is 23.6 Å². The van der Waals surface area contributed by atoms with Crippen molar-refractivity contribution in [3.05, 3.63) is 71.3 Å². The van der Waals surface area contributed by atoms with Gasteiger partial charge < -0.3 is 9.80 Å². The summed E-state index contributed by atoms with van der Waals surface area (Å²) in [4.78, 5) is 54.3. The smallest absolute Gasteiger partial charge is 0.262 e. The quantitative estimate of drug-likeness (QED) is 0.734. The van der Waals surface area contributed by atoms with Gasteiger partial charge in [-0.25, -0.2) is 0 Å². The molecule has 7 nitrogen and oxygen atoms in total. The minimum absolute atomic E-state index is 0.0312. The average Bonchev–Trinajstić information content (AvgIpc) is 2.99. The van der Waals surface area contributed by atoms with Crippen LogP contribution in [0, 0.1) is 0 Å². The first-order chi connectivity index (χ1) is 14.0. The lowest BCUT2D eigenvalue weighted by Crippen LogP contribution is -2.53. The number of hydrogen-bond acceptors (Lipinski definition) is 4. The summed E-state index contributed by atoms with van der Waals surface area (Å²) in [5, 5.41) is 0. The van der Waals surface area contributed by atoms with Crippen molar-refractivity contribution in [2.75, 3.05) is 32.7 Å². The summed E-state index contributed by atoms with van der Waals surface area (Å²) < 4.78 is 0. The van der Waals surface area contributed by atoms with E-state index in [0.29, 0.717) is 43.7 Å². The van der Waals surface area contributed by atoms with Crippen LogP contribution >= 0.6 is 0 Å². The number of benzene rings is 2. The van der Waals surface area contributed by atoms with Crippen LogP contribution in [-0.2, 0) is 16.0 Å². The lowest BCUT2D eigenvalue weighted by atomic mass is 10.1. The highest BCUT2D eigenvalue weighted by Crippen LogP contribution is 2.22. The van der Waals surface area contributed by atoms with Crippen LogP contribution < -0.4 is 0 Å². The van der Waals surface area contributed by atoms with E-state index in [1.807, 2.05) is 30.3 Å². The topological polar surface area (TPSA) is 78.0 Å². The Balaban J connectivity index is 1.31. The lowest BCUT2D eigenvalue weighted by molar-refractivity contribution is -0.139. The fraction of sp³-hybridized carbons (Fsp3) is 0.273. The Labute approximate surface area is 168 Å². The monoisotopic (exact) mass is 391 g/mol. The number of piperazine rings is 1. The van der Waals surface area contributed by atoms with Crippen LogP contribution in [-0.4, -0.2) is 71.1 Å². The van der Waals surface area contributed by atoms with Crippen molar-refractivity contribution in [2.45, 2.75) is 6.42 Å². The molecule has 7 heteroatoms. The molecule has 0 radical (unpaired) electrons. The minimum atomic E-state index is -0.435. The zero-order valence-electron chi connectivity index (χ0n) is 15.9. The van der Waals surface area contributed by atoms with Crippen molar-refractivity contribution < 1.29 is 19.2 Å². The average molecular weight is 391 g/mol. The van der Waals surface area contributed by atoms with Gasteiger partial charge >= 0.3 is 0 Å². The van der Waals surface area contributed by atoms with E-state index in [1.54, 1.807) is 34.1 Å². The molecule has 1 saturated heterocycles. The molecule has 0 aromatic heterocycles. The number of imide groups is 1. The third-order valence-corrected chi connectivity index (χ3v) is 5.35. The summed E-state index contributed by atoms with van der Waals surface area (Å²) in [5.74, 6) is -1.12. The van der Waals surface area contributed by atoms with Crippen LogP contribution in [0.15, 0.2) is 54.6 Å². The van der Waals surface area contributed by atoms with Gasteiger partial charge in [-0.1, -0.05) is 42.5 Å². The van der Waals surface area contributed by atoms with E-state index >= 15 is 0 Å². The van der Waals surface area contributed by atoms with E-state index in [4.69, 9.17) is 0 Å². The Bertz CT molecular complexity index is 930. The number of hydrogen-bond donors (Lipinski definition) is 0. The van der Waals surface area contributed by atoms with E-state index in [2.05, 4.69) is 0 Å². The van der Waals surface area contributed by atoms with Gasteiger partial charge in [0.05, 0.1) is 17.5 Å². The molecule has 148 valence electrons. The summed E-state index contributed by atoms with van der Waals surface area (Å²) in [6.45, 7) is 1.40. The first-order valence-corrected chi connectivity index (χ1v) is 9.59. The Morgan fingerprint density at radius 1 is 0.690 bits per heavy atom. The van der Waals surface area contributed by atoms with Crippen LogP contribution in [0.5, 0.6) is 0 Å². The van der Waals surface area contributed by atoms with E-state index in [0.717, 1.165) is 10.5 Å². The Morgan fingerprint density at radius 2 is 1.17 bits per heavy atom. The van der Waals surface area contributed by atoms with Crippen LogP contribution in [0.25, 0.3) is 0 Å². The van der Waals surface area contributed by atoms with Gasteiger partial charge in [0.15, 0.2) is 0 Å². The largest absolute Gasteiger partial charge is 0.339 e. The van der Waals surface area contributed by atoms with Gasteiger partial charge in [0.1, 0.15) is 6.54 Å². The maximum absolute atomic E-state index is 12.6. The molecule has 0 saturated carbocycles. The lowest BCUT2D eigenvalue weighted by Gasteiger charge is -2.35. The molecule has 2 aromatic carbocycles. The number of carbonyl (C=O) groups excluding carboxylic acids is 4. The number of nitrogens with zero attached hydrogens (tertiary/aromatic N) is 3. The van der Waals surface area contributed by atoms with Gasteiger partial charge in [-0.2, -0.15) is 0 Å². The molecule has 0 aliphatic carbocycles. The molecule has 4 rings (SSSR count). The second-order valence-electron chi connectivity index (χ2n) is 7.17. The van der Waals surface area contributed by atoms with Crippen molar-refractivity contribution in [3.63, 3.8) is 0 Å². The molecule has 0 spiro atoms. The van der Waals surface area contributed by atoms with Gasteiger partial charge in [0, 0.05) is 26.2 Å². The third-order valence-electron chi connectivity index (χ3n) is 5.35. The summed E-state index contributed by atoms with van der Waals surface area (Å²) >= 11 is 0. The third kappa shape index (κ3) is 3.76. The highest BCUT2D eigenvalue weighted by atomic mass is 16.2. The summed E-state index contributed by atoms with van der Waals surface area (Å²) in [6.07, 6.45) is 0.337. The number of carbonyl (C=O) groups is 4. The molecular formula is C22H21N3O4. The van der Waals surface area contributed by atoms with Crippen LogP contribution in [0.4, 0.5) is 0 Å². The van der Waals surface area contributed by atoms with Crippen molar-refractivity contribution in [2.24, 2.45) is 0 Å². The fourth-order valence-corrected chi connectivity index (χ4v) is 3.71. The van der Waals surface area contributed by atoms with Crippen LogP contribution in [0.3, 0.4) is 0 Å². The van der Waals surface area contributed by atoms with Gasteiger partial charge in [-0.3, -0.25) is 24.1 Å². The fourth-order valence-electron chi connectivity index (χ4n) is 3.71. The molecule has 29 heavy (non-hydrogen) atoms. The summed E-state index contributed by atoms with van der Waals surface area (Å²) in [7, 11) is 0.